The van der Waals surface area contributed by atoms with Crippen LogP contribution in [0.1, 0.15) is 18.7 Å². The van der Waals surface area contributed by atoms with E-state index in [2.05, 4.69) is 35.8 Å². The number of nitrogens with two attached hydrogens (primary N) is 1. The van der Waals surface area contributed by atoms with Gasteiger partial charge in [-0.1, -0.05) is 36.4 Å². The van der Waals surface area contributed by atoms with Crippen molar-refractivity contribution < 1.29 is 0 Å². The van der Waals surface area contributed by atoms with Gasteiger partial charge >= 0.3 is 0 Å². The summed E-state index contributed by atoms with van der Waals surface area (Å²) in [4.78, 5) is 24.2. The molecule has 39 heavy (non-hydrogen) atoms. The average molecular weight is 520 g/mol. The number of tetrazole rings is 1. The number of para-hydroxylation sites is 1. The van der Waals surface area contributed by atoms with Gasteiger partial charge in [-0.05, 0) is 41.3 Å². The maximum atomic E-state index is 14.3. The number of pyridine rings is 1. The van der Waals surface area contributed by atoms with Gasteiger partial charge in [-0.2, -0.15) is 9.90 Å². The van der Waals surface area contributed by atoms with Gasteiger partial charge in [0.15, 0.2) is 0 Å². The fourth-order valence-electron chi connectivity index (χ4n) is 4.74. The molecule has 4 aromatic heterocycles. The molecule has 194 valence electrons. The molecule has 0 amide bonds. The molecule has 1 unspecified atom stereocenters. The number of aromatic nitrogens is 9. The van der Waals surface area contributed by atoms with E-state index in [1.165, 1.54) is 11.1 Å². The molecule has 6 aromatic rings. The van der Waals surface area contributed by atoms with E-state index in [0.717, 1.165) is 27.9 Å². The number of nitrogens with zero attached hydrogens (tertiary/aromatic N) is 9. The van der Waals surface area contributed by atoms with Gasteiger partial charge in [0.05, 0.1) is 24.7 Å². The molecule has 0 radical (unpaired) electrons. The van der Waals surface area contributed by atoms with Crippen LogP contribution in [0.25, 0.3) is 39.0 Å². The largest absolute Gasteiger partial charge is 0.383 e. The van der Waals surface area contributed by atoms with Crippen molar-refractivity contribution in [3.63, 3.8) is 0 Å². The molecule has 4 heterocycles. The van der Waals surface area contributed by atoms with E-state index >= 15 is 0 Å². The number of aryl methyl sites for hydroxylation is 2. The third kappa shape index (κ3) is 4.27. The van der Waals surface area contributed by atoms with Crippen LogP contribution in [0.2, 0.25) is 0 Å². The highest BCUT2D eigenvalue weighted by Crippen LogP contribution is 2.32. The van der Waals surface area contributed by atoms with E-state index in [0.29, 0.717) is 22.6 Å². The molecule has 0 saturated heterocycles. The summed E-state index contributed by atoms with van der Waals surface area (Å²) in [6.07, 6.45) is 5.04. The molecule has 0 aliphatic rings. The van der Waals surface area contributed by atoms with Gasteiger partial charge in [0.2, 0.25) is 5.82 Å². The normalized spacial score (nSPS) is 12.1. The number of anilines is 2. The van der Waals surface area contributed by atoms with Gasteiger partial charge < -0.3 is 11.1 Å². The highest BCUT2D eigenvalue weighted by atomic mass is 16.1. The van der Waals surface area contributed by atoms with Crippen LogP contribution in [0.5, 0.6) is 0 Å². The van der Waals surface area contributed by atoms with Crippen LogP contribution in [0, 0.1) is 0 Å². The second kappa shape index (κ2) is 9.49. The van der Waals surface area contributed by atoms with Gasteiger partial charge in [-0.25, -0.2) is 9.97 Å². The maximum Gasteiger partial charge on any atom is 0.263 e. The van der Waals surface area contributed by atoms with Gasteiger partial charge in [0.25, 0.3) is 5.56 Å². The highest BCUT2D eigenvalue weighted by Gasteiger charge is 2.22. The molecule has 6 rings (SSSR count). The fourth-order valence-corrected chi connectivity index (χ4v) is 4.74. The van der Waals surface area contributed by atoms with Crippen molar-refractivity contribution in [3.8, 4) is 28.2 Å². The van der Waals surface area contributed by atoms with Gasteiger partial charge in [-0.15, -0.1) is 10.2 Å². The molecule has 0 aliphatic carbocycles. The predicted octanol–water partition coefficient (Wildman–Crippen LogP) is 3.13. The van der Waals surface area contributed by atoms with Crippen LogP contribution < -0.4 is 16.6 Å². The lowest BCUT2D eigenvalue weighted by Crippen LogP contribution is -2.26. The monoisotopic (exact) mass is 519 g/mol. The molecule has 0 aliphatic heterocycles. The molecule has 12 nitrogen and oxygen atoms in total. The van der Waals surface area contributed by atoms with Crippen LogP contribution in [0.4, 0.5) is 11.6 Å². The Morgan fingerprint density at radius 1 is 1.03 bits per heavy atom. The Morgan fingerprint density at radius 2 is 1.85 bits per heavy atom. The third-order valence-electron chi connectivity index (χ3n) is 6.51. The molecule has 1 atom stereocenters. The SMILES string of the molecule is CC(Nc1ncnc(N)c1-c1nnn(C)n1)c1cc2cccc(-c3cnn(C)c3)c2c(=O)n1-c1ccccc1. The zero-order valence-electron chi connectivity index (χ0n) is 21.5. The first-order valence-electron chi connectivity index (χ1n) is 12.2. The molecule has 0 spiro atoms. The van der Waals surface area contributed by atoms with Crippen molar-refractivity contribution in [3.05, 3.63) is 89.4 Å². The lowest BCUT2D eigenvalue weighted by atomic mass is 9.99. The summed E-state index contributed by atoms with van der Waals surface area (Å²) in [5, 5.41) is 21.4. The Hall–Kier alpha value is -5.39. The number of nitrogen functional groups attached to an aromatic ring is 1. The fraction of sp³-hybridized carbons (Fsp3) is 0.148. The number of benzene rings is 2. The van der Waals surface area contributed by atoms with Gasteiger partial charge in [0.1, 0.15) is 23.5 Å². The number of rotatable bonds is 6. The van der Waals surface area contributed by atoms with Crippen LogP contribution in [0.3, 0.4) is 0 Å². The topological polar surface area (TPSA) is 147 Å². The molecule has 0 bridgehead atoms. The summed E-state index contributed by atoms with van der Waals surface area (Å²) in [7, 11) is 3.52. The molecule has 0 saturated carbocycles. The number of hydrogen-bond acceptors (Lipinski definition) is 9. The molecular formula is C27H25N11O. The van der Waals surface area contributed by atoms with E-state index in [9.17, 15) is 4.79 Å². The van der Waals surface area contributed by atoms with E-state index in [1.807, 2.05) is 74.8 Å². The van der Waals surface area contributed by atoms with Crippen LogP contribution in [-0.4, -0.2) is 44.5 Å². The first kappa shape index (κ1) is 24.0. The predicted molar refractivity (Wildman–Crippen MR) is 148 cm³/mol. The minimum absolute atomic E-state index is 0.139. The zero-order chi connectivity index (χ0) is 27.1. The van der Waals surface area contributed by atoms with Crippen LogP contribution in [0.15, 0.2) is 78.1 Å². The summed E-state index contributed by atoms with van der Waals surface area (Å²) >= 11 is 0. The van der Waals surface area contributed by atoms with Crippen molar-refractivity contribution in [2.75, 3.05) is 11.1 Å². The molecule has 12 heteroatoms. The second-order valence-corrected chi connectivity index (χ2v) is 9.17. The Morgan fingerprint density at radius 3 is 2.56 bits per heavy atom. The molecule has 0 fully saturated rings. The van der Waals surface area contributed by atoms with Crippen molar-refractivity contribution in [1.29, 1.82) is 0 Å². The van der Waals surface area contributed by atoms with Gasteiger partial charge in [-0.3, -0.25) is 14.0 Å². The number of hydrogen-bond donors (Lipinski definition) is 2. The van der Waals surface area contributed by atoms with Crippen molar-refractivity contribution >= 4 is 22.4 Å². The Kier molecular flexibility index (Phi) is 5.83. The number of fused-ring (bicyclic) bond motifs is 1. The Balaban J connectivity index is 1.54. The summed E-state index contributed by atoms with van der Waals surface area (Å²) in [5.74, 6) is 0.942. The van der Waals surface area contributed by atoms with Crippen molar-refractivity contribution in [2.45, 2.75) is 13.0 Å². The average Bonchev–Trinajstić information content (AvgIpc) is 3.56. The first-order chi connectivity index (χ1) is 18.9. The quantitative estimate of drug-likeness (QED) is 0.339. The first-order valence-corrected chi connectivity index (χ1v) is 12.2. The lowest BCUT2D eigenvalue weighted by Gasteiger charge is -2.22. The minimum atomic E-state index is -0.380. The lowest BCUT2D eigenvalue weighted by molar-refractivity contribution is 0.630. The standard InChI is InChI=1S/C27H25N11O/c1-16(32-25-23(24(28)29-15-30-25)26-33-35-37(3)34-26)21-12-17-8-7-11-20(18-13-31-36(2)14-18)22(17)27(39)38(21)19-9-5-4-6-10-19/h4-16H,1-3H3,(H3,28,29,30,32). The summed E-state index contributed by atoms with van der Waals surface area (Å²) < 4.78 is 3.45. The Bertz CT molecular complexity index is 1870. The second-order valence-electron chi connectivity index (χ2n) is 9.17. The minimum Gasteiger partial charge on any atom is -0.383 e. The van der Waals surface area contributed by atoms with Crippen LogP contribution >= 0.6 is 0 Å². The zero-order valence-corrected chi connectivity index (χ0v) is 21.5. The summed E-state index contributed by atoms with van der Waals surface area (Å²) in [6.45, 7) is 1.96. The van der Waals surface area contributed by atoms with Crippen LogP contribution in [-0.2, 0) is 14.1 Å². The smallest absolute Gasteiger partial charge is 0.263 e. The van der Waals surface area contributed by atoms with E-state index in [4.69, 9.17) is 5.73 Å². The van der Waals surface area contributed by atoms with Crippen molar-refractivity contribution in [2.24, 2.45) is 14.1 Å². The molecular weight excluding hydrogens is 494 g/mol. The maximum absolute atomic E-state index is 14.3. The molecule has 3 N–H and O–H groups in total. The van der Waals surface area contributed by atoms with Gasteiger partial charge in [0, 0.05) is 30.2 Å². The number of nitrogens with one attached hydrogen (secondary N) is 1. The molecule has 2 aromatic carbocycles. The summed E-state index contributed by atoms with van der Waals surface area (Å²) in [5.41, 5.74) is 9.67. The Labute approximate surface area is 222 Å². The van der Waals surface area contributed by atoms with E-state index in [1.54, 1.807) is 22.5 Å². The van der Waals surface area contributed by atoms with Crippen molar-refractivity contribution in [1.82, 2.24) is 44.5 Å². The summed E-state index contributed by atoms with van der Waals surface area (Å²) in [6, 6.07) is 17.0. The third-order valence-corrected chi connectivity index (χ3v) is 6.51. The van der Waals surface area contributed by atoms with E-state index in [-0.39, 0.29) is 17.4 Å². The van der Waals surface area contributed by atoms with E-state index < -0.39 is 0 Å². The highest BCUT2D eigenvalue weighted by molar-refractivity contribution is 5.96.